The zero-order valence-corrected chi connectivity index (χ0v) is 10.9. The second-order valence-corrected chi connectivity index (χ2v) is 4.35. The van der Waals surface area contributed by atoms with Gasteiger partial charge in [0.15, 0.2) is 0 Å². The standard InChI is InChI=1S/C14H11F4NO2/c1-2-19-11(5-6-12(19)13(20)21)9-7-8(14(16,17)18)3-4-10(9)15/h3-7H,2H2,1H3,(H,20,21). The summed E-state index contributed by atoms with van der Waals surface area (Å²) in [6.45, 7) is 1.82. The number of alkyl halides is 3. The van der Waals surface area contributed by atoms with Gasteiger partial charge in [0.2, 0.25) is 0 Å². The molecule has 0 saturated carbocycles. The van der Waals surface area contributed by atoms with E-state index in [1.807, 2.05) is 0 Å². The molecule has 1 N–H and O–H groups in total. The molecule has 112 valence electrons. The van der Waals surface area contributed by atoms with Crippen molar-refractivity contribution in [1.82, 2.24) is 4.57 Å². The fraction of sp³-hybridized carbons (Fsp3) is 0.214. The second-order valence-electron chi connectivity index (χ2n) is 4.35. The minimum Gasteiger partial charge on any atom is -0.477 e. The molecule has 7 heteroatoms. The van der Waals surface area contributed by atoms with Crippen LogP contribution in [0.3, 0.4) is 0 Å². The fourth-order valence-electron chi connectivity index (χ4n) is 2.13. The van der Waals surface area contributed by atoms with Gasteiger partial charge in [0, 0.05) is 12.1 Å². The van der Waals surface area contributed by atoms with Crippen molar-refractivity contribution in [3.8, 4) is 11.3 Å². The highest BCUT2D eigenvalue weighted by Crippen LogP contribution is 2.34. The molecular formula is C14H11F4NO2. The number of rotatable bonds is 3. The van der Waals surface area contributed by atoms with Gasteiger partial charge in [0.1, 0.15) is 11.5 Å². The first kappa shape index (κ1) is 15.1. The molecule has 2 aromatic rings. The van der Waals surface area contributed by atoms with Crippen LogP contribution in [0.2, 0.25) is 0 Å². The molecule has 0 fully saturated rings. The Hall–Kier alpha value is -2.31. The normalized spacial score (nSPS) is 11.7. The van der Waals surface area contributed by atoms with Crippen LogP contribution < -0.4 is 0 Å². The lowest BCUT2D eigenvalue weighted by Crippen LogP contribution is -2.10. The van der Waals surface area contributed by atoms with Crippen molar-refractivity contribution in [2.75, 3.05) is 0 Å². The third-order valence-electron chi connectivity index (χ3n) is 3.09. The summed E-state index contributed by atoms with van der Waals surface area (Å²) in [5.74, 6) is -2.07. The number of carboxylic acid groups (broad SMARTS) is 1. The zero-order chi connectivity index (χ0) is 15.8. The van der Waals surface area contributed by atoms with E-state index in [4.69, 9.17) is 5.11 Å². The van der Waals surface area contributed by atoms with E-state index in [1.54, 1.807) is 6.92 Å². The smallest absolute Gasteiger partial charge is 0.416 e. The molecule has 0 aliphatic heterocycles. The number of benzene rings is 1. The number of carbonyl (C=O) groups is 1. The van der Waals surface area contributed by atoms with Crippen LogP contribution in [0, 0.1) is 5.82 Å². The van der Waals surface area contributed by atoms with Crippen molar-refractivity contribution >= 4 is 5.97 Å². The highest BCUT2D eigenvalue weighted by atomic mass is 19.4. The SMILES string of the molecule is CCn1c(C(=O)O)ccc1-c1cc(C(F)(F)F)ccc1F. The van der Waals surface area contributed by atoms with Crippen LogP contribution in [0.25, 0.3) is 11.3 Å². The van der Waals surface area contributed by atoms with E-state index >= 15 is 0 Å². The maximum atomic E-state index is 13.8. The Kier molecular flexibility index (Phi) is 3.76. The lowest BCUT2D eigenvalue weighted by Gasteiger charge is -2.12. The fourth-order valence-corrected chi connectivity index (χ4v) is 2.13. The lowest BCUT2D eigenvalue weighted by molar-refractivity contribution is -0.137. The molecule has 2 rings (SSSR count). The maximum absolute atomic E-state index is 13.8. The van der Waals surface area contributed by atoms with Crippen LogP contribution >= 0.6 is 0 Å². The molecule has 0 aliphatic rings. The number of hydrogen-bond acceptors (Lipinski definition) is 1. The minimum absolute atomic E-state index is 0.0958. The molecule has 0 radical (unpaired) electrons. The number of carboxylic acids is 1. The quantitative estimate of drug-likeness (QED) is 0.870. The Bertz CT molecular complexity index is 689. The monoisotopic (exact) mass is 301 g/mol. The first-order chi connectivity index (χ1) is 9.75. The second kappa shape index (κ2) is 5.23. The number of halogens is 4. The van der Waals surface area contributed by atoms with E-state index in [-0.39, 0.29) is 23.5 Å². The third kappa shape index (κ3) is 2.76. The van der Waals surface area contributed by atoms with E-state index in [0.29, 0.717) is 12.1 Å². The molecule has 3 nitrogen and oxygen atoms in total. The van der Waals surface area contributed by atoms with Crippen molar-refractivity contribution in [2.45, 2.75) is 19.6 Å². The molecule has 0 amide bonds. The molecular weight excluding hydrogens is 290 g/mol. The molecule has 0 bridgehead atoms. The minimum atomic E-state index is -4.60. The lowest BCUT2D eigenvalue weighted by atomic mass is 10.1. The predicted molar refractivity (Wildman–Crippen MR) is 67.5 cm³/mol. The molecule has 0 atom stereocenters. The van der Waals surface area contributed by atoms with Crippen molar-refractivity contribution in [1.29, 1.82) is 0 Å². The van der Waals surface area contributed by atoms with E-state index in [0.717, 1.165) is 6.07 Å². The topological polar surface area (TPSA) is 42.2 Å². The van der Waals surface area contributed by atoms with Crippen LogP contribution in [-0.4, -0.2) is 15.6 Å². The first-order valence-corrected chi connectivity index (χ1v) is 6.05. The van der Waals surface area contributed by atoms with E-state index in [1.165, 1.54) is 16.7 Å². The predicted octanol–water partition coefficient (Wildman–Crippen LogP) is 4.03. The van der Waals surface area contributed by atoms with E-state index in [9.17, 15) is 22.4 Å². The number of aromatic nitrogens is 1. The maximum Gasteiger partial charge on any atom is 0.416 e. The molecule has 0 aliphatic carbocycles. The zero-order valence-electron chi connectivity index (χ0n) is 10.9. The summed E-state index contributed by atoms with van der Waals surface area (Å²) in [6, 6.07) is 4.59. The summed E-state index contributed by atoms with van der Waals surface area (Å²) in [7, 11) is 0. The number of hydrogen-bond donors (Lipinski definition) is 1. The van der Waals surface area contributed by atoms with Crippen LogP contribution in [0.4, 0.5) is 17.6 Å². The van der Waals surface area contributed by atoms with Crippen molar-refractivity contribution in [3.63, 3.8) is 0 Å². The molecule has 0 unspecified atom stereocenters. The number of nitrogens with zero attached hydrogens (tertiary/aromatic N) is 1. The van der Waals surface area contributed by atoms with Crippen LogP contribution in [-0.2, 0) is 12.7 Å². The highest BCUT2D eigenvalue weighted by molar-refractivity contribution is 5.87. The van der Waals surface area contributed by atoms with Gasteiger partial charge in [0.05, 0.1) is 11.3 Å². The average Bonchev–Trinajstić information content (AvgIpc) is 2.81. The van der Waals surface area contributed by atoms with Gasteiger partial charge in [-0.2, -0.15) is 13.2 Å². The molecule has 0 spiro atoms. The third-order valence-corrected chi connectivity index (χ3v) is 3.09. The molecule has 1 heterocycles. The van der Waals surface area contributed by atoms with Gasteiger partial charge in [-0.25, -0.2) is 9.18 Å². The van der Waals surface area contributed by atoms with Gasteiger partial charge in [-0.1, -0.05) is 0 Å². The van der Waals surface area contributed by atoms with Crippen LogP contribution in [0.5, 0.6) is 0 Å². The van der Waals surface area contributed by atoms with Crippen LogP contribution in [0.15, 0.2) is 30.3 Å². The van der Waals surface area contributed by atoms with Gasteiger partial charge < -0.3 is 9.67 Å². The summed E-state index contributed by atoms with van der Waals surface area (Å²) < 4.78 is 53.2. The van der Waals surface area contributed by atoms with Crippen molar-refractivity contribution < 1.29 is 27.5 Å². The largest absolute Gasteiger partial charge is 0.477 e. The summed E-state index contributed by atoms with van der Waals surface area (Å²) >= 11 is 0. The van der Waals surface area contributed by atoms with Crippen molar-refractivity contribution in [3.05, 3.63) is 47.4 Å². The van der Waals surface area contributed by atoms with Gasteiger partial charge in [-0.05, 0) is 37.3 Å². The van der Waals surface area contributed by atoms with Crippen molar-refractivity contribution in [2.24, 2.45) is 0 Å². The Morgan fingerprint density at radius 2 is 1.90 bits per heavy atom. The molecule has 0 saturated heterocycles. The summed E-state index contributed by atoms with van der Waals surface area (Å²) in [5.41, 5.74) is -1.28. The Morgan fingerprint density at radius 1 is 1.24 bits per heavy atom. The van der Waals surface area contributed by atoms with Gasteiger partial charge >= 0.3 is 12.1 Å². The van der Waals surface area contributed by atoms with Gasteiger partial charge in [0.25, 0.3) is 0 Å². The molecule has 1 aromatic heterocycles. The first-order valence-electron chi connectivity index (χ1n) is 6.05. The van der Waals surface area contributed by atoms with Gasteiger partial charge in [-0.15, -0.1) is 0 Å². The van der Waals surface area contributed by atoms with Gasteiger partial charge in [-0.3, -0.25) is 0 Å². The Morgan fingerprint density at radius 3 is 2.43 bits per heavy atom. The molecule has 21 heavy (non-hydrogen) atoms. The van der Waals surface area contributed by atoms with E-state index in [2.05, 4.69) is 0 Å². The highest BCUT2D eigenvalue weighted by Gasteiger charge is 2.31. The average molecular weight is 301 g/mol. The summed E-state index contributed by atoms with van der Waals surface area (Å²) in [6.07, 6.45) is -4.60. The summed E-state index contributed by atoms with van der Waals surface area (Å²) in [5, 5.41) is 9.02. The molecule has 1 aromatic carbocycles. The Labute approximate surface area is 117 Å². The number of aromatic carboxylic acids is 1. The van der Waals surface area contributed by atoms with Crippen LogP contribution in [0.1, 0.15) is 23.0 Å². The van der Waals surface area contributed by atoms with E-state index < -0.39 is 23.5 Å². The Balaban J connectivity index is 2.64. The summed E-state index contributed by atoms with van der Waals surface area (Å²) in [4.78, 5) is 11.0.